The van der Waals surface area contributed by atoms with Gasteiger partial charge < -0.3 is 4.90 Å². The third-order valence-electron chi connectivity index (χ3n) is 4.41. The topological polar surface area (TPSA) is 91.0 Å². The van der Waals surface area contributed by atoms with Crippen LogP contribution in [0.1, 0.15) is 19.3 Å². The third-order valence-corrected chi connectivity index (χ3v) is 5.65. The van der Waals surface area contributed by atoms with Gasteiger partial charge in [0.1, 0.15) is 0 Å². The molecule has 1 aromatic carbocycles. The summed E-state index contributed by atoms with van der Waals surface area (Å²) < 4.78 is 1.08. The number of nitrogens with one attached hydrogen (secondary N) is 2. The second kappa shape index (κ2) is 8.24. The monoisotopic (exact) mass is 362 g/mol. The van der Waals surface area contributed by atoms with E-state index in [1.165, 1.54) is 4.90 Å². The highest BCUT2D eigenvalue weighted by atomic mass is 32.2. The Balaban J connectivity index is 1.40. The minimum absolute atomic E-state index is 0.104. The number of benzene rings is 1. The van der Waals surface area contributed by atoms with Crippen LogP contribution in [0.3, 0.4) is 0 Å². The SMILES string of the molecule is O=C(CCCn1c(=O)[nH][nH]c1=O)N1CCC(CSc2ccccc2)C1. The number of likely N-dealkylation sites (tertiary alicyclic amines) is 1. The maximum atomic E-state index is 12.3. The summed E-state index contributed by atoms with van der Waals surface area (Å²) in [6.07, 6.45) is 1.87. The molecule has 0 aliphatic carbocycles. The number of nitrogens with zero attached hydrogens (tertiary/aromatic N) is 2. The molecule has 0 bridgehead atoms. The van der Waals surface area contributed by atoms with Crippen LogP contribution in [0, 0.1) is 5.92 Å². The fraction of sp³-hybridized carbons (Fsp3) is 0.471. The van der Waals surface area contributed by atoms with E-state index in [2.05, 4.69) is 22.3 Å². The molecule has 134 valence electrons. The van der Waals surface area contributed by atoms with Crippen LogP contribution in [-0.2, 0) is 11.3 Å². The molecule has 1 unspecified atom stereocenters. The van der Waals surface area contributed by atoms with E-state index in [0.717, 1.165) is 29.8 Å². The lowest BCUT2D eigenvalue weighted by Gasteiger charge is -2.16. The number of hydrogen-bond donors (Lipinski definition) is 2. The maximum Gasteiger partial charge on any atom is 0.344 e. The first-order valence-corrected chi connectivity index (χ1v) is 9.45. The molecule has 1 saturated heterocycles. The Morgan fingerprint density at radius 1 is 1.16 bits per heavy atom. The Labute approximate surface area is 149 Å². The van der Waals surface area contributed by atoms with E-state index in [1.54, 1.807) is 0 Å². The highest BCUT2D eigenvalue weighted by Crippen LogP contribution is 2.26. The lowest BCUT2D eigenvalue weighted by molar-refractivity contribution is -0.130. The van der Waals surface area contributed by atoms with Crippen molar-refractivity contribution in [2.45, 2.75) is 30.7 Å². The minimum Gasteiger partial charge on any atom is -0.342 e. The van der Waals surface area contributed by atoms with Crippen LogP contribution < -0.4 is 11.4 Å². The van der Waals surface area contributed by atoms with Crippen molar-refractivity contribution in [3.8, 4) is 0 Å². The predicted octanol–water partition coefficient (Wildman–Crippen LogP) is 1.29. The largest absolute Gasteiger partial charge is 0.344 e. The van der Waals surface area contributed by atoms with E-state index in [0.29, 0.717) is 18.8 Å². The van der Waals surface area contributed by atoms with E-state index in [9.17, 15) is 14.4 Å². The van der Waals surface area contributed by atoms with Gasteiger partial charge in [-0.3, -0.25) is 4.79 Å². The Hall–Kier alpha value is -2.22. The van der Waals surface area contributed by atoms with Crippen LogP contribution in [-0.4, -0.2) is 44.4 Å². The van der Waals surface area contributed by atoms with Crippen molar-refractivity contribution in [1.82, 2.24) is 19.7 Å². The van der Waals surface area contributed by atoms with Crippen molar-refractivity contribution in [3.63, 3.8) is 0 Å². The first-order chi connectivity index (χ1) is 12.1. The molecule has 8 heteroatoms. The smallest absolute Gasteiger partial charge is 0.342 e. The van der Waals surface area contributed by atoms with Crippen LogP contribution in [0.5, 0.6) is 0 Å². The fourth-order valence-electron chi connectivity index (χ4n) is 3.01. The van der Waals surface area contributed by atoms with Crippen LogP contribution in [0.2, 0.25) is 0 Å². The number of aromatic nitrogens is 3. The van der Waals surface area contributed by atoms with E-state index in [1.807, 2.05) is 34.9 Å². The average Bonchev–Trinajstić information content (AvgIpc) is 3.22. The Morgan fingerprint density at radius 3 is 2.60 bits per heavy atom. The Morgan fingerprint density at radius 2 is 1.88 bits per heavy atom. The summed E-state index contributed by atoms with van der Waals surface area (Å²) in [6.45, 7) is 1.84. The van der Waals surface area contributed by atoms with Crippen LogP contribution in [0.4, 0.5) is 0 Å². The van der Waals surface area contributed by atoms with Crippen LogP contribution >= 0.6 is 11.8 Å². The molecular formula is C17H22N4O3S. The molecule has 1 aromatic heterocycles. The zero-order chi connectivity index (χ0) is 17.6. The van der Waals surface area contributed by atoms with Crippen molar-refractivity contribution in [2.75, 3.05) is 18.8 Å². The highest BCUT2D eigenvalue weighted by Gasteiger charge is 2.25. The molecule has 0 radical (unpaired) electrons. The summed E-state index contributed by atoms with van der Waals surface area (Å²) >= 11 is 1.83. The number of carbonyl (C=O) groups excluding carboxylic acids is 1. The van der Waals surface area contributed by atoms with Gasteiger partial charge in [-0.25, -0.2) is 24.4 Å². The van der Waals surface area contributed by atoms with Crippen LogP contribution in [0.25, 0.3) is 0 Å². The van der Waals surface area contributed by atoms with E-state index in [-0.39, 0.29) is 12.5 Å². The van der Waals surface area contributed by atoms with Crippen molar-refractivity contribution < 1.29 is 4.79 Å². The average molecular weight is 362 g/mol. The molecule has 1 aliphatic rings. The predicted molar refractivity (Wildman–Crippen MR) is 96.8 cm³/mol. The normalized spacial score (nSPS) is 17.1. The van der Waals surface area contributed by atoms with Crippen molar-refractivity contribution >= 4 is 17.7 Å². The number of aromatic amines is 2. The van der Waals surface area contributed by atoms with Crippen molar-refractivity contribution in [2.24, 2.45) is 5.92 Å². The number of H-pyrrole nitrogens is 2. The van der Waals surface area contributed by atoms with Gasteiger partial charge in [-0.2, -0.15) is 0 Å². The molecule has 7 nitrogen and oxygen atoms in total. The molecule has 1 fully saturated rings. The number of hydrogen-bond acceptors (Lipinski definition) is 4. The lowest BCUT2D eigenvalue weighted by atomic mass is 10.2. The van der Waals surface area contributed by atoms with Crippen molar-refractivity contribution in [3.05, 3.63) is 51.3 Å². The van der Waals surface area contributed by atoms with Gasteiger partial charge in [0.25, 0.3) is 0 Å². The molecule has 0 saturated carbocycles. The second-order valence-electron chi connectivity index (χ2n) is 6.23. The summed E-state index contributed by atoms with van der Waals surface area (Å²) in [7, 11) is 0. The molecule has 25 heavy (non-hydrogen) atoms. The van der Waals surface area contributed by atoms with E-state index >= 15 is 0 Å². The van der Waals surface area contributed by atoms with E-state index in [4.69, 9.17) is 0 Å². The lowest BCUT2D eigenvalue weighted by Crippen LogP contribution is -2.30. The fourth-order valence-corrected chi connectivity index (χ4v) is 4.06. The van der Waals surface area contributed by atoms with Crippen LogP contribution in [0.15, 0.2) is 44.8 Å². The molecular weight excluding hydrogens is 340 g/mol. The molecule has 0 spiro atoms. The van der Waals surface area contributed by atoms with Crippen molar-refractivity contribution in [1.29, 1.82) is 0 Å². The van der Waals surface area contributed by atoms with Gasteiger partial charge in [-0.1, -0.05) is 18.2 Å². The van der Waals surface area contributed by atoms with Gasteiger partial charge >= 0.3 is 11.4 Å². The van der Waals surface area contributed by atoms with Gasteiger partial charge in [0.05, 0.1) is 0 Å². The molecule has 2 heterocycles. The highest BCUT2D eigenvalue weighted by molar-refractivity contribution is 7.99. The number of carbonyl (C=O) groups is 1. The first kappa shape index (κ1) is 17.6. The van der Waals surface area contributed by atoms with E-state index < -0.39 is 11.4 Å². The van der Waals surface area contributed by atoms with Gasteiger partial charge in [-0.05, 0) is 30.9 Å². The standard InChI is InChI=1S/C17H22N4O3S/c22-15(7-4-9-21-16(23)18-19-17(21)24)20-10-8-13(11-20)12-25-14-5-2-1-3-6-14/h1-3,5-6,13H,4,7-12H2,(H,18,23)(H,19,24). The molecule has 1 aliphatic heterocycles. The van der Waals surface area contributed by atoms with Gasteiger partial charge in [0.2, 0.25) is 5.91 Å². The quantitative estimate of drug-likeness (QED) is 0.726. The first-order valence-electron chi connectivity index (χ1n) is 8.46. The molecule has 1 amide bonds. The summed E-state index contributed by atoms with van der Waals surface area (Å²) in [5.74, 6) is 1.64. The molecule has 3 rings (SSSR count). The number of thioether (sulfide) groups is 1. The molecule has 1 atom stereocenters. The maximum absolute atomic E-state index is 12.3. The summed E-state index contributed by atoms with van der Waals surface area (Å²) in [5, 5.41) is 4.47. The van der Waals surface area contributed by atoms with Gasteiger partial charge in [0, 0.05) is 36.7 Å². The Bertz CT molecular complexity index is 784. The zero-order valence-corrected chi connectivity index (χ0v) is 14.8. The summed E-state index contributed by atoms with van der Waals surface area (Å²) in [5.41, 5.74) is -0.923. The minimum atomic E-state index is -0.461. The molecule has 2 aromatic rings. The summed E-state index contributed by atoms with van der Waals surface area (Å²) in [6, 6.07) is 10.3. The Kier molecular flexibility index (Phi) is 5.80. The van der Waals surface area contributed by atoms with Gasteiger partial charge in [0.15, 0.2) is 0 Å². The third kappa shape index (κ3) is 4.66. The molecule has 2 N–H and O–H groups in total. The van der Waals surface area contributed by atoms with Gasteiger partial charge in [-0.15, -0.1) is 11.8 Å². The zero-order valence-electron chi connectivity index (χ0n) is 13.9. The second-order valence-corrected chi connectivity index (χ2v) is 7.33. The number of amides is 1. The summed E-state index contributed by atoms with van der Waals surface area (Å²) in [4.78, 5) is 38.2. The number of rotatable bonds is 7.